The van der Waals surface area contributed by atoms with Gasteiger partial charge >= 0.3 is 5.97 Å². The fraction of sp³-hybridized carbons (Fsp3) is 0.625. The molecule has 1 aromatic carbocycles. The van der Waals surface area contributed by atoms with E-state index in [-0.39, 0.29) is 30.9 Å². The van der Waals surface area contributed by atoms with Gasteiger partial charge in [-0.15, -0.1) is 0 Å². The molecule has 4 rings (SSSR count). The molecule has 3 aliphatic rings. The number of aliphatic hydroxyl groups is 1. The standard InChI is InChI=1S/C24H32N2O6/c1-5-31-22(30)18-17-21(29)26(15(3)13-27)19(24(17)11-14(2)23(18,4)32-24)20(28)25-12-16-9-7-6-8-10-16/h6-10,14-15,17-19,27H,5,11-13H2,1-4H3,(H,25,28)/t14?,15-,17+,18+,19?,23-,24?/m1/s1. The number of aliphatic hydroxyl groups excluding tert-OH is 1. The summed E-state index contributed by atoms with van der Waals surface area (Å²) in [5, 5.41) is 12.8. The van der Waals surface area contributed by atoms with Gasteiger partial charge in [0.25, 0.3) is 0 Å². The van der Waals surface area contributed by atoms with Crippen LogP contribution in [-0.2, 0) is 30.4 Å². The molecule has 3 unspecified atom stereocenters. The molecule has 3 heterocycles. The molecule has 2 amide bonds. The van der Waals surface area contributed by atoms with Crippen LogP contribution in [0.25, 0.3) is 0 Å². The molecule has 2 N–H and O–H groups in total. The lowest BCUT2D eigenvalue weighted by Crippen LogP contribution is -2.57. The second kappa shape index (κ2) is 8.15. The van der Waals surface area contributed by atoms with Crippen molar-refractivity contribution in [2.24, 2.45) is 17.8 Å². The summed E-state index contributed by atoms with van der Waals surface area (Å²) in [6.07, 6.45) is 0.480. The van der Waals surface area contributed by atoms with Gasteiger partial charge in [0.2, 0.25) is 11.8 Å². The first kappa shape index (κ1) is 22.7. The molecule has 32 heavy (non-hydrogen) atoms. The first-order valence-electron chi connectivity index (χ1n) is 11.3. The molecule has 0 saturated carbocycles. The molecule has 7 atom stereocenters. The van der Waals surface area contributed by atoms with Crippen LogP contribution in [-0.4, -0.2) is 64.3 Å². The molecule has 0 aromatic heterocycles. The fourth-order valence-corrected chi connectivity index (χ4v) is 6.01. The molecule has 8 heteroatoms. The van der Waals surface area contributed by atoms with E-state index >= 15 is 0 Å². The van der Waals surface area contributed by atoms with Crippen LogP contribution in [0.15, 0.2) is 30.3 Å². The number of esters is 1. The van der Waals surface area contributed by atoms with E-state index in [2.05, 4.69) is 5.32 Å². The van der Waals surface area contributed by atoms with Gasteiger partial charge in [-0.1, -0.05) is 37.3 Å². The summed E-state index contributed by atoms with van der Waals surface area (Å²) in [6, 6.07) is 7.98. The number of hydrogen-bond acceptors (Lipinski definition) is 6. The van der Waals surface area contributed by atoms with Crippen molar-refractivity contribution in [2.45, 2.75) is 63.9 Å². The molecule has 1 spiro atoms. The predicted octanol–water partition coefficient (Wildman–Crippen LogP) is 1.26. The summed E-state index contributed by atoms with van der Waals surface area (Å²) >= 11 is 0. The van der Waals surface area contributed by atoms with E-state index < -0.39 is 41.1 Å². The summed E-state index contributed by atoms with van der Waals surface area (Å²) in [5.41, 5.74) is -1.09. The average molecular weight is 445 g/mol. The molecule has 0 aliphatic carbocycles. The lowest BCUT2D eigenvalue weighted by Gasteiger charge is -2.36. The molecular formula is C24H32N2O6. The Kier molecular flexibility index (Phi) is 5.79. The molecule has 3 aliphatic heterocycles. The monoisotopic (exact) mass is 444 g/mol. The second-order valence-corrected chi connectivity index (χ2v) is 9.44. The Morgan fingerprint density at radius 2 is 2.03 bits per heavy atom. The first-order chi connectivity index (χ1) is 15.2. The number of carbonyl (C=O) groups excluding carboxylic acids is 3. The van der Waals surface area contributed by atoms with Crippen LogP contribution in [0.1, 0.15) is 39.7 Å². The third-order valence-electron chi connectivity index (χ3n) is 7.59. The van der Waals surface area contributed by atoms with E-state index in [9.17, 15) is 19.5 Å². The van der Waals surface area contributed by atoms with Gasteiger partial charge in [0.1, 0.15) is 17.6 Å². The largest absolute Gasteiger partial charge is 0.466 e. The summed E-state index contributed by atoms with van der Waals surface area (Å²) in [7, 11) is 0. The molecule has 3 fully saturated rings. The van der Waals surface area contributed by atoms with Gasteiger partial charge in [-0.2, -0.15) is 0 Å². The summed E-state index contributed by atoms with van der Waals surface area (Å²) in [5.74, 6) is -2.80. The maximum atomic E-state index is 13.7. The van der Waals surface area contributed by atoms with E-state index in [0.717, 1.165) is 5.56 Å². The zero-order chi connectivity index (χ0) is 23.3. The maximum absolute atomic E-state index is 13.7. The quantitative estimate of drug-likeness (QED) is 0.614. The van der Waals surface area contributed by atoms with Crippen LogP contribution in [0.2, 0.25) is 0 Å². The van der Waals surface area contributed by atoms with Crippen LogP contribution >= 0.6 is 0 Å². The van der Waals surface area contributed by atoms with Gasteiger partial charge in [-0.25, -0.2) is 0 Å². The number of amides is 2. The van der Waals surface area contributed by atoms with Gasteiger partial charge in [-0.05, 0) is 38.7 Å². The van der Waals surface area contributed by atoms with Crippen LogP contribution in [0.5, 0.6) is 0 Å². The molecule has 3 saturated heterocycles. The van der Waals surface area contributed by atoms with Gasteiger partial charge < -0.3 is 24.8 Å². The highest BCUT2D eigenvalue weighted by Gasteiger charge is 2.80. The smallest absolute Gasteiger partial charge is 0.312 e. The summed E-state index contributed by atoms with van der Waals surface area (Å²) in [4.78, 5) is 41.6. The molecule has 1 aromatic rings. The van der Waals surface area contributed by atoms with Crippen LogP contribution in [0.4, 0.5) is 0 Å². The highest BCUT2D eigenvalue weighted by atomic mass is 16.6. The Labute approximate surface area is 188 Å². The fourth-order valence-electron chi connectivity index (χ4n) is 6.01. The third-order valence-corrected chi connectivity index (χ3v) is 7.59. The van der Waals surface area contributed by atoms with E-state index in [1.165, 1.54) is 4.90 Å². The number of hydrogen-bond donors (Lipinski definition) is 2. The molecule has 2 bridgehead atoms. The number of benzene rings is 1. The van der Waals surface area contributed by atoms with E-state index in [0.29, 0.717) is 13.0 Å². The first-order valence-corrected chi connectivity index (χ1v) is 11.3. The molecule has 174 valence electrons. The minimum Gasteiger partial charge on any atom is -0.466 e. The number of nitrogens with zero attached hydrogens (tertiary/aromatic N) is 1. The number of fused-ring (bicyclic) bond motifs is 1. The van der Waals surface area contributed by atoms with Crippen molar-refractivity contribution in [3.63, 3.8) is 0 Å². The van der Waals surface area contributed by atoms with Crippen molar-refractivity contribution in [3.8, 4) is 0 Å². The molecule has 0 radical (unpaired) electrons. The summed E-state index contributed by atoms with van der Waals surface area (Å²) < 4.78 is 11.9. The Morgan fingerprint density at radius 1 is 1.34 bits per heavy atom. The number of rotatable bonds is 7. The van der Waals surface area contributed by atoms with Gasteiger partial charge in [0, 0.05) is 6.54 Å². The SMILES string of the molecule is CCOC(=O)[C@@H]1[C@H]2C(=O)N([C@H](C)CO)C(C(=O)NCc3ccccc3)C23CC(C)[C@@]1(C)O3. The van der Waals surface area contributed by atoms with E-state index in [1.807, 2.05) is 44.2 Å². The number of nitrogens with one attached hydrogen (secondary N) is 1. The molecule has 8 nitrogen and oxygen atoms in total. The Bertz CT molecular complexity index is 907. The number of likely N-dealkylation sites (tertiary alicyclic amines) is 1. The van der Waals surface area contributed by atoms with Gasteiger partial charge in [-0.3, -0.25) is 14.4 Å². The van der Waals surface area contributed by atoms with Crippen LogP contribution in [0.3, 0.4) is 0 Å². The minimum absolute atomic E-state index is 0.0465. The maximum Gasteiger partial charge on any atom is 0.312 e. The van der Waals surface area contributed by atoms with Crippen molar-refractivity contribution in [1.82, 2.24) is 10.2 Å². The zero-order valence-electron chi connectivity index (χ0n) is 19.0. The third kappa shape index (κ3) is 3.15. The zero-order valence-corrected chi connectivity index (χ0v) is 19.0. The number of carbonyl (C=O) groups is 3. The number of ether oxygens (including phenoxy) is 2. The van der Waals surface area contributed by atoms with Crippen LogP contribution < -0.4 is 5.32 Å². The lowest BCUT2D eigenvalue weighted by molar-refractivity contribution is -0.162. The Hall–Kier alpha value is -2.45. The topological polar surface area (TPSA) is 105 Å². The van der Waals surface area contributed by atoms with Gasteiger partial charge in [0.15, 0.2) is 0 Å². The predicted molar refractivity (Wildman–Crippen MR) is 115 cm³/mol. The van der Waals surface area contributed by atoms with Crippen molar-refractivity contribution in [3.05, 3.63) is 35.9 Å². The molecular weight excluding hydrogens is 412 g/mol. The summed E-state index contributed by atoms with van der Waals surface area (Å²) in [6.45, 7) is 7.46. The van der Waals surface area contributed by atoms with Crippen molar-refractivity contribution in [2.75, 3.05) is 13.2 Å². The van der Waals surface area contributed by atoms with Gasteiger partial charge in [0.05, 0.1) is 30.8 Å². The van der Waals surface area contributed by atoms with Crippen molar-refractivity contribution in [1.29, 1.82) is 0 Å². The average Bonchev–Trinajstić information content (AvgIpc) is 3.29. The normalized spacial score (nSPS) is 36.2. The van der Waals surface area contributed by atoms with Crippen molar-refractivity contribution >= 4 is 17.8 Å². The van der Waals surface area contributed by atoms with Crippen molar-refractivity contribution < 1.29 is 29.0 Å². The minimum atomic E-state index is -1.13. The lowest BCUT2D eigenvalue weighted by atomic mass is 9.62. The van der Waals surface area contributed by atoms with E-state index in [1.54, 1.807) is 13.8 Å². The van der Waals surface area contributed by atoms with Crippen LogP contribution in [0, 0.1) is 17.8 Å². The van der Waals surface area contributed by atoms with E-state index in [4.69, 9.17) is 9.47 Å². The second-order valence-electron chi connectivity index (χ2n) is 9.44. The highest BCUT2D eigenvalue weighted by Crippen LogP contribution is 2.65. The highest BCUT2D eigenvalue weighted by molar-refractivity contribution is 5.98. The Morgan fingerprint density at radius 3 is 2.66 bits per heavy atom. The Balaban J connectivity index is 1.72.